The van der Waals surface area contributed by atoms with Crippen LogP contribution in [0.2, 0.25) is 0 Å². The van der Waals surface area contributed by atoms with Gasteiger partial charge in [0.15, 0.2) is 5.13 Å². The number of anilines is 2. The molecule has 0 radical (unpaired) electrons. The van der Waals surface area contributed by atoms with Crippen molar-refractivity contribution >= 4 is 22.2 Å². The Kier molecular flexibility index (Phi) is 7.63. The minimum absolute atomic E-state index is 0.0119. The average Bonchev–Trinajstić information content (AvgIpc) is 3.34. The van der Waals surface area contributed by atoms with Crippen LogP contribution in [0.15, 0.2) is 90.3 Å². The molecule has 0 bridgehead atoms. The van der Waals surface area contributed by atoms with Gasteiger partial charge in [0.05, 0.1) is 5.69 Å². The molecule has 2 unspecified atom stereocenters. The molecule has 1 aromatic heterocycles. The molecule has 4 aromatic rings. The van der Waals surface area contributed by atoms with Gasteiger partial charge >= 0.3 is 0 Å². The fraction of sp³-hybridized carbons (Fsp3) is 0.250. The van der Waals surface area contributed by atoms with E-state index in [0.29, 0.717) is 16.5 Å². The highest BCUT2D eigenvalue weighted by Gasteiger charge is 2.42. The van der Waals surface area contributed by atoms with Gasteiger partial charge < -0.3 is 21.1 Å². The van der Waals surface area contributed by atoms with Gasteiger partial charge in [0.1, 0.15) is 6.23 Å². The van der Waals surface area contributed by atoms with Crippen LogP contribution >= 0.6 is 11.3 Å². The van der Waals surface area contributed by atoms with E-state index >= 15 is 0 Å². The Bertz CT molecular complexity index is 1140. The van der Waals surface area contributed by atoms with E-state index in [0.717, 1.165) is 18.4 Å². The number of hydrogen-bond donors (Lipinski definition) is 3. The van der Waals surface area contributed by atoms with Crippen molar-refractivity contribution in [2.75, 3.05) is 10.8 Å². The number of hydrogen-bond acceptors (Lipinski definition) is 6. The molecule has 0 fully saturated rings. The minimum atomic E-state index is -0.843. The Labute approximate surface area is 205 Å². The molecule has 0 aliphatic carbocycles. The van der Waals surface area contributed by atoms with Gasteiger partial charge in [0, 0.05) is 28.0 Å². The zero-order valence-electron chi connectivity index (χ0n) is 19.4. The summed E-state index contributed by atoms with van der Waals surface area (Å²) in [6, 6.07) is 28.0. The van der Waals surface area contributed by atoms with Gasteiger partial charge in [-0.25, -0.2) is 4.98 Å². The second-order valence-electron chi connectivity index (χ2n) is 8.74. The van der Waals surface area contributed by atoms with E-state index in [4.69, 9.17) is 0 Å². The van der Waals surface area contributed by atoms with E-state index in [1.807, 2.05) is 65.5 Å². The lowest BCUT2D eigenvalue weighted by Crippen LogP contribution is -2.43. The van der Waals surface area contributed by atoms with E-state index in [9.17, 15) is 10.3 Å². The van der Waals surface area contributed by atoms with E-state index in [-0.39, 0.29) is 5.92 Å². The van der Waals surface area contributed by atoms with Gasteiger partial charge in [-0.15, -0.1) is 11.3 Å². The quantitative estimate of drug-likeness (QED) is 0.170. The maximum atomic E-state index is 11.6. The number of aliphatic hydroxyl groups is 1. The zero-order chi connectivity index (χ0) is 24.0. The normalized spacial score (nSPS) is 13.9. The molecule has 0 amide bonds. The van der Waals surface area contributed by atoms with Crippen molar-refractivity contribution in [3.63, 3.8) is 0 Å². The highest BCUT2D eigenvalue weighted by Crippen LogP contribution is 2.47. The molecule has 1 heterocycles. The largest absolute Gasteiger partial charge is 0.761 e. The van der Waals surface area contributed by atoms with Crippen LogP contribution < -0.4 is 10.8 Å². The number of aliphatic hydroxyl groups excluding tert-OH is 1. The lowest BCUT2D eigenvalue weighted by molar-refractivity contribution is 0.0389. The molecule has 0 aliphatic rings. The van der Waals surface area contributed by atoms with Gasteiger partial charge in [-0.3, -0.25) is 0 Å². The zero-order valence-corrected chi connectivity index (χ0v) is 20.3. The van der Waals surface area contributed by atoms with Crippen LogP contribution in [0, 0.1) is 10.6 Å². The van der Waals surface area contributed by atoms with Crippen LogP contribution in [-0.4, -0.2) is 16.3 Å². The van der Waals surface area contributed by atoms with Crippen molar-refractivity contribution in [3.05, 3.63) is 107 Å². The van der Waals surface area contributed by atoms with Crippen molar-refractivity contribution in [3.8, 4) is 11.3 Å². The summed E-state index contributed by atoms with van der Waals surface area (Å²) in [4.78, 5) is 4.68. The Morgan fingerprint density at radius 3 is 2.12 bits per heavy atom. The third kappa shape index (κ3) is 4.99. The summed E-state index contributed by atoms with van der Waals surface area (Å²) in [5, 5.41) is 28.7. The first kappa shape index (κ1) is 24.0. The summed E-state index contributed by atoms with van der Waals surface area (Å²) >= 11 is 1.42. The Morgan fingerprint density at radius 2 is 1.53 bits per heavy atom. The fourth-order valence-electron chi connectivity index (χ4n) is 4.76. The third-order valence-corrected chi connectivity index (χ3v) is 7.19. The number of nitrogens with zero attached hydrogens (tertiary/aromatic N) is 1. The maximum Gasteiger partial charge on any atom is 0.185 e. The topological polar surface area (TPSA) is 80.2 Å². The molecule has 0 saturated heterocycles. The first-order valence-electron chi connectivity index (χ1n) is 11.5. The lowest BCUT2D eigenvalue weighted by Gasteiger charge is -2.42. The summed E-state index contributed by atoms with van der Waals surface area (Å²) < 4.78 is 0. The van der Waals surface area contributed by atoms with Crippen molar-refractivity contribution in [2.24, 2.45) is 5.41 Å². The number of benzene rings is 3. The molecular formula is C28H30N3O2S-. The predicted octanol–water partition coefficient (Wildman–Crippen LogP) is 7.09. The number of rotatable bonds is 10. The monoisotopic (exact) mass is 472 g/mol. The second-order valence-corrected chi connectivity index (χ2v) is 9.60. The molecule has 0 saturated carbocycles. The average molecular weight is 473 g/mol. The van der Waals surface area contributed by atoms with Gasteiger partial charge in [0.2, 0.25) is 0 Å². The molecule has 6 heteroatoms. The van der Waals surface area contributed by atoms with E-state index in [2.05, 4.69) is 48.4 Å². The summed E-state index contributed by atoms with van der Waals surface area (Å²) in [5.74, 6) is -0.0119. The molecule has 34 heavy (non-hydrogen) atoms. The summed E-state index contributed by atoms with van der Waals surface area (Å²) in [6.45, 7) is 4.29. The highest BCUT2D eigenvalue weighted by molar-refractivity contribution is 7.14. The van der Waals surface area contributed by atoms with Gasteiger partial charge in [-0.1, -0.05) is 99.1 Å². The standard InChI is InChI=1S/C28H30N3O2S/c1-3-18-28(2,25(20-12-6-4-7-13-20)21-14-8-5-9-15-21)26(32)30-27-29-24(19-34-27)22-16-10-11-17-23(22)31-33/h4-17,19,25-26,31-32H,3,18H2,1-2H3,(H,29,30)/q-1. The van der Waals surface area contributed by atoms with Gasteiger partial charge in [0.25, 0.3) is 0 Å². The molecule has 0 spiro atoms. The van der Waals surface area contributed by atoms with Crippen LogP contribution in [0.1, 0.15) is 43.7 Å². The van der Waals surface area contributed by atoms with E-state index in [1.165, 1.54) is 22.5 Å². The Hall–Kier alpha value is -3.19. The number of para-hydroxylation sites is 1. The molecule has 176 valence electrons. The third-order valence-electron chi connectivity index (χ3n) is 6.42. The molecular weight excluding hydrogens is 442 g/mol. The van der Waals surface area contributed by atoms with Crippen LogP contribution in [0.3, 0.4) is 0 Å². The van der Waals surface area contributed by atoms with Crippen molar-refractivity contribution in [1.29, 1.82) is 0 Å². The smallest absolute Gasteiger partial charge is 0.185 e. The van der Waals surface area contributed by atoms with Crippen molar-refractivity contribution in [2.45, 2.75) is 38.8 Å². The van der Waals surface area contributed by atoms with E-state index in [1.54, 1.807) is 6.07 Å². The minimum Gasteiger partial charge on any atom is -0.761 e. The molecule has 5 nitrogen and oxygen atoms in total. The van der Waals surface area contributed by atoms with E-state index < -0.39 is 11.6 Å². The predicted molar refractivity (Wildman–Crippen MR) is 142 cm³/mol. The molecule has 0 aliphatic heterocycles. The number of aromatic nitrogens is 1. The first-order chi connectivity index (χ1) is 16.6. The maximum absolute atomic E-state index is 11.6. The van der Waals surface area contributed by atoms with Crippen LogP contribution in [0.25, 0.3) is 11.3 Å². The fourth-order valence-corrected chi connectivity index (χ4v) is 5.50. The Balaban J connectivity index is 1.67. The molecule has 2 atom stereocenters. The van der Waals surface area contributed by atoms with Gasteiger partial charge in [-0.2, -0.15) is 0 Å². The second kappa shape index (κ2) is 10.8. The number of nitrogens with one attached hydrogen (secondary N) is 2. The van der Waals surface area contributed by atoms with Crippen LogP contribution in [0.4, 0.5) is 10.8 Å². The first-order valence-corrected chi connectivity index (χ1v) is 12.4. The summed E-state index contributed by atoms with van der Waals surface area (Å²) in [5.41, 5.74) is 5.72. The highest BCUT2D eigenvalue weighted by atomic mass is 32.1. The molecule has 3 aromatic carbocycles. The van der Waals surface area contributed by atoms with Crippen LogP contribution in [-0.2, 0) is 0 Å². The van der Waals surface area contributed by atoms with Crippen LogP contribution in [0.5, 0.6) is 0 Å². The SMILES string of the molecule is CCCC(C)(C(O)Nc1nc(-c2ccccc2N[O-])cs1)C(c1ccccc1)c1ccccc1. The van der Waals surface area contributed by atoms with Crippen molar-refractivity contribution in [1.82, 2.24) is 4.98 Å². The molecule has 4 rings (SSSR count). The summed E-state index contributed by atoms with van der Waals surface area (Å²) in [7, 11) is 0. The number of thiazole rings is 1. The van der Waals surface area contributed by atoms with Gasteiger partial charge in [-0.05, 0) is 23.6 Å². The summed E-state index contributed by atoms with van der Waals surface area (Å²) in [6.07, 6.45) is 0.901. The van der Waals surface area contributed by atoms with Crippen molar-refractivity contribution < 1.29 is 5.11 Å². The lowest BCUT2D eigenvalue weighted by atomic mass is 9.66. The Morgan fingerprint density at radius 1 is 0.941 bits per heavy atom. The molecule has 3 N–H and O–H groups in total.